The van der Waals surface area contributed by atoms with E-state index in [2.05, 4.69) is 116 Å². The zero-order valence-corrected chi connectivity index (χ0v) is 22.9. The molecule has 3 heterocycles. The third-order valence-electron chi connectivity index (χ3n) is 8.07. The first-order chi connectivity index (χ1) is 19.6. The fraction of sp³-hybridized carbons (Fsp3) is 0.0857. The van der Waals surface area contributed by atoms with Crippen molar-refractivity contribution in [1.82, 2.24) is 9.36 Å². The van der Waals surface area contributed by atoms with Crippen LogP contribution in [-0.4, -0.2) is 9.36 Å². The van der Waals surface area contributed by atoms with E-state index in [0.29, 0.717) is 0 Å². The van der Waals surface area contributed by atoms with Gasteiger partial charge in [-0.3, -0.25) is 0 Å². The molecule has 0 spiro atoms. The molecular formula is C35H25N3OS. The number of para-hydroxylation sites is 3. The highest BCUT2D eigenvalue weighted by Crippen LogP contribution is 2.51. The van der Waals surface area contributed by atoms with E-state index in [9.17, 15) is 0 Å². The summed E-state index contributed by atoms with van der Waals surface area (Å²) in [7, 11) is 0. The van der Waals surface area contributed by atoms with Gasteiger partial charge >= 0.3 is 0 Å². The van der Waals surface area contributed by atoms with E-state index in [-0.39, 0.29) is 5.41 Å². The first-order valence-electron chi connectivity index (χ1n) is 13.4. The van der Waals surface area contributed by atoms with Gasteiger partial charge in [0, 0.05) is 33.0 Å². The van der Waals surface area contributed by atoms with Gasteiger partial charge in [0.05, 0.1) is 11.4 Å². The maximum absolute atomic E-state index is 6.09. The van der Waals surface area contributed by atoms with E-state index < -0.39 is 0 Å². The Morgan fingerprint density at radius 3 is 2.02 bits per heavy atom. The molecule has 5 heteroatoms. The standard InChI is InChI=1S/C35H25N3OS/c1-35(2)27-10-4-6-12-29(27)38(30-13-7-5-11-28(30)35)24-18-15-22(16-19-24)33-36-34(40-37-33)23-17-20-26-25-9-3-8-14-31(25)39-32(26)21-23/h3-21H,1-2H3. The highest BCUT2D eigenvalue weighted by molar-refractivity contribution is 7.09. The number of aromatic nitrogens is 2. The molecule has 8 rings (SSSR count). The zero-order chi connectivity index (χ0) is 26.8. The Labute approximate surface area is 236 Å². The normalized spacial score (nSPS) is 13.9. The van der Waals surface area contributed by atoms with Gasteiger partial charge < -0.3 is 9.32 Å². The Kier molecular flexibility index (Phi) is 5.00. The Morgan fingerprint density at radius 2 is 1.27 bits per heavy atom. The number of fused-ring (bicyclic) bond motifs is 5. The molecule has 0 saturated carbocycles. The number of benzene rings is 5. The smallest absolute Gasteiger partial charge is 0.173 e. The zero-order valence-electron chi connectivity index (χ0n) is 22.1. The van der Waals surface area contributed by atoms with Crippen molar-refractivity contribution in [1.29, 1.82) is 0 Å². The summed E-state index contributed by atoms with van der Waals surface area (Å²) in [6.45, 7) is 4.62. The second kappa shape index (κ2) is 8.63. The molecule has 5 aromatic carbocycles. The van der Waals surface area contributed by atoms with Crippen molar-refractivity contribution in [3.63, 3.8) is 0 Å². The van der Waals surface area contributed by atoms with Gasteiger partial charge in [0.15, 0.2) is 5.82 Å². The maximum atomic E-state index is 6.09. The molecule has 0 amide bonds. The quantitative estimate of drug-likeness (QED) is 0.226. The molecule has 192 valence electrons. The van der Waals surface area contributed by atoms with E-state index in [4.69, 9.17) is 13.8 Å². The molecule has 2 aromatic heterocycles. The highest BCUT2D eigenvalue weighted by Gasteiger charge is 2.36. The molecule has 4 nitrogen and oxygen atoms in total. The molecule has 0 saturated heterocycles. The summed E-state index contributed by atoms with van der Waals surface area (Å²) in [5.41, 5.74) is 9.89. The minimum atomic E-state index is -0.0735. The average molecular weight is 536 g/mol. The van der Waals surface area contributed by atoms with Crippen molar-refractivity contribution in [2.24, 2.45) is 0 Å². The summed E-state index contributed by atoms with van der Waals surface area (Å²) in [5.74, 6) is 0.733. The van der Waals surface area contributed by atoms with Crippen LogP contribution in [0.5, 0.6) is 0 Å². The summed E-state index contributed by atoms with van der Waals surface area (Å²) < 4.78 is 10.8. The fourth-order valence-electron chi connectivity index (χ4n) is 6.02. The molecule has 0 unspecified atom stereocenters. The number of nitrogens with zero attached hydrogens (tertiary/aromatic N) is 3. The molecule has 0 bridgehead atoms. The van der Waals surface area contributed by atoms with Crippen molar-refractivity contribution < 1.29 is 4.42 Å². The first kappa shape index (κ1) is 23.2. The molecule has 0 aliphatic carbocycles. The molecule has 0 N–H and O–H groups in total. The van der Waals surface area contributed by atoms with Crippen LogP contribution in [0.15, 0.2) is 120 Å². The Bertz CT molecular complexity index is 2000. The molecule has 1 aliphatic heterocycles. The van der Waals surface area contributed by atoms with Gasteiger partial charge in [-0.15, -0.1) is 0 Å². The van der Waals surface area contributed by atoms with Gasteiger partial charge in [0.25, 0.3) is 0 Å². The van der Waals surface area contributed by atoms with E-state index in [1.165, 1.54) is 34.0 Å². The lowest BCUT2D eigenvalue weighted by molar-refractivity contribution is 0.632. The maximum Gasteiger partial charge on any atom is 0.173 e. The Hall–Kier alpha value is -4.74. The van der Waals surface area contributed by atoms with Crippen LogP contribution in [0.3, 0.4) is 0 Å². The molecule has 7 aromatic rings. The van der Waals surface area contributed by atoms with Gasteiger partial charge in [-0.2, -0.15) is 4.37 Å². The van der Waals surface area contributed by atoms with Crippen LogP contribution in [-0.2, 0) is 5.41 Å². The SMILES string of the molecule is CC1(C)c2ccccc2N(c2ccc(-c3nsc(-c4ccc5c(c4)oc4ccccc45)n3)cc2)c2ccccc21. The Balaban J connectivity index is 1.14. The summed E-state index contributed by atoms with van der Waals surface area (Å²) >= 11 is 1.41. The lowest BCUT2D eigenvalue weighted by Crippen LogP contribution is -2.30. The van der Waals surface area contributed by atoms with E-state index >= 15 is 0 Å². The van der Waals surface area contributed by atoms with Crippen molar-refractivity contribution in [3.05, 3.63) is 126 Å². The van der Waals surface area contributed by atoms with Crippen LogP contribution in [0.1, 0.15) is 25.0 Å². The van der Waals surface area contributed by atoms with Crippen molar-refractivity contribution in [2.75, 3.05) is 4.90 Å². The minimum Gasteiger partial charge on any atom is -0.456 e. The van der Waals surface area contributed by atoms with Gasteiger partial charge in [-0.25, -0.2) is 4.98 Å². The van der Waals surface area contributed by atoms with Gasteiger partial charge in [0.2, 0.25) is 0 Å². The molecule has 1 aliphatic rings. The predicted octanol–water partition coefficient (Wildman–Crippen LogP) is 9.88. The number of hydrogen-bond donors (Lipinski definition) is 0. The molecule has 0 fully saturated rings. The van der Waals surface area contributed by atoms with Crippen LogP contribution in [0.2, 0.25) is 0 Å². The van der Waals surface area contributed by atoms with E-state index in [1.54, 1.807) is 0 Å². The van der Waals surface area contributed by atoms with Gasteiger partial charge in [-0.1, -0.05) is 74.5 Å². The number of furan rings is 1. The van der Waals surface area contributed by atoms with E-state index in [1.807, 2.05) is 18.2 Å². The second-order valence-corrected chi connectivity index (χ2v) is 11.5. The predicted molar refractivity (Wildman–Crippen MR) is 165 cm³/mol. The topological polar surface area (TPSA) is 42.2 Å². The van der Waals surface area contributed by atoms with Crippen LogP contribution < -0.4 is 4.90 Å². The van der Waals surface area contributed by atoms with Crippen LogP contribution in [0, 0.1) is 0 Å². The molecule has 0 radical (unpaired) electrons. The third kappa shape index (κ3) is 3.44. The van der Waals surface area contributed by atoms with Crippen LogP contribution >= 0.6 is 11.5 Å². The summed E-state index contributed by atoms with van der Waals surface area (Å²) in [5, 5.41) is 3.12. The molecule has 40 heavy (non-hydrogen) atoms. The largest absolute Gasteiger partial charge is 0.456 e. The Morgan fingerprint density at radius 1 is 0.650 bits per heavy atom. The lowest BCUT2D eigenvalue weighted by atomic mass is 9.73. The lowest BCUT2D eigenvalue weighted by Gasteiger charge is -2.42. The summed E-state index contributed by atoms with van der Waals surface area (Å²) in [6, 6.07) is 40.4. The number of hydrogen-bond acceptors (Lipinski definition) is 5. The number of anilines is 3. The molecular weight excluding hydrogens is 510 g/mol. The second-order valence-electron chi connectivity index (χ2n) is 10.8. The monoisotopic (exact) mass is 535 g/mol. The van der Waals surface area contributed by atoms with Crippen LogP contribution in [0.25, 0.3) is 43.9 Å². The van der Waals surface area contributed by atoms with Crippen molar-refractivity contribution in [2.45, 2.75) is 19.3 Å². The van der Waals surface area contributed by atoms with Crippen molar-refractivity contribution >= 4 is 50.5 Å². The summed E-state index contributed by atoms with van der Waals surface area (Å²) in [4.78, 5) is 7.26. The first-order valence-corrected chi connectivity index (χ1v) is 14.2. The van der Waals surface area contributed by atoms with Gasteiger partial charge in [0.1, 0.15) is 16.2 Å². The fourth-order valence-corrected chi connectivity index (χ4v) is 6.70. The summed E-state index contributed by atoms with van der Waals surface area (Å²) in [6.07, 6.45) is 0. The highest BCUT2D eigenvalue weighted by atomic mass is 32.1. The third-order valence-corrected chi connectivity index (χ3v) is 8.84. The van der Waals surface area contributed by atoms with Crippen LogP contribution in [0.4, 0.5) is 17.1 Å². The minimum absolute atomic E-state index is 0.0735. The average Bonchev–Trinajstić information content (AvgIpc) is 3.63. The molecule has 0 atom stereocenters. The van der Waals surface area contributed by atoms with Crippen molar-refractivity contribution in [3.8, 4) is 22.0 Å². The van der Waals surface area contributed by atoms with Gasteiger partial charge in [-0.05, 0) is 77.3 Å². The number of rotatable bonds is 3. The van der Waals surface area contributed by atoms with E-state index in [0.717, 1.165) is 49.6 Å².